The second-order valence-corrected chi connectivity index (χ2v) is 6.60. The molecule has 1 nitrogen and oxygen atoms in total. The normalized spacial score (nSPS) is 44.4. The largest absolute Gasteiger partial charge is 0.381 e. The first-order valence-corrected chi connectivity index (χ1v) is 7.59. The minimum Gasteiger partial charge on any atom is -0.381 e. The lowest BCUT2D eigenvalue weighted by molar-refractivity contribution is 0.0380. The van der Waals surface area contributed by atoms with Crippen molar-refractivity contribution in [1.82, 2.24) is 0 Å². The molecule has 0 aromatic carbocycles. The van der Waals surface area contributed by atoms with Crippen molar-refractivity contribution in [3.05, 3.63) is 12.2 Å². The summed E-state index contributed by atoms with van der Waals surface area (Å²) < 4.78 is 6.05. The SMILES string of the molecule is CC1CCCCC1COCC1CC2C=CC1C2. The first kappa shape index (κ1) is 11.8. The summed E-state index contributed by atoms with van der Waals surface area (Å²) in [6.45, 7) is 4.46. The second-order valence-electron chi connectivity index (χ2n) is 6.60. The standard InChI is InChI=1S/C16H26O/c1-12-4-2-3-5-15(12)10-17-11-16-9-13-6-7-14(16)8-13/h6-7,12-16H,2-5,8-11H2,1H3. The van der Waals surface area contributed by atoms with E-state index >= 15 is 0 Å². The molecular formula is C16H26O. The predicted octanol–water partition coefficient (Wildman–Crippen LogP) is 4.04. The first-order valence-electron chi connectivity index (χ1n) is 7.59. The Balaban J connectivity index is 1.39. The first-order chi connectivity index (χ1) is 8.33. The molecule has 2 saturated carbocycles. The van der Waals surface area contributed by atoms with Crippen molar-refractivity contribution < 1.29 is 4.74 Å². The summed E-state index contributed by atoms with van der Waals surface area (Å²) in [5.74, 6) is 4.32. The topological polar surface area (TPSA) is 9.23 Å². The molecule has 3 aliphatic rings. The minimum atomic E-state index is 0.837. The van der Waals surface area contributed by atoms with Crippen LogP contribution in [0.15, 0.2) is 12.2 Å². The third-order valence-corrected chi connectivity index (χ3v) is 5.37. The van der Waals surface area contributed by atoms with Crippen LogP contribution in [0.4, 0.5) is 0 Å². The molecule has 0 aliphatic heterocycles. The Morgan fingerprint density at radius 2 is 1.82 bits per heavy atom. The molecule has 2 bridgehead atoms. The molecule has 3 aliphatic carbocycles. The van der Waals surface area contributed by atoms with Gasteiger partial charge in [0.2, 0.25) is 0 Å². The molecule has 0 N–H and O–H groups in total. The Kier molecular flexibility index (Phi) is 3.56. The fourth-order valence-corrected chi connectivity index (χ4v) is 4.10. The van der Waals surface area contributed by atoms with Crippen LogP contribution in [0.5, 0.6) is 0 Å². The van der Waals surface area contributed by atoms with E-state index in [0.29, 0.717) is 0 Å². The van der Waals surface area contributed by atoms with Crippen LogP contribution in [0.1, 0.15) is 45.4 Å². The number of allylic oxidation sites excluding steroid dienone is 2. The van der Waals surface area contributed by atoms with Crippen LogP contribution in [0.25, 0.3) is 0 Å². The van der Waals surface area contributed by atoms with Gasteiger partial charge in [-0.15, -0.1) is 0 Å². The smallest absolute Gasteiger partial charge is 0.0500 e. The molecule has 1 heteroatoms. The fourth-order valence-electron chi connectivity index (χ4n) is 4.10. The van der Waals surface area contributed by atoms with Gasteiger partial charge in [-0.25, -0.2) is 0 Å². The summed E-state index contributed by atoms with van der Waals surface area (Å²) in [5.41, 5.74) is 0. The van der Waals surface area contributed by atoms with Crippen molar-refractivity contribution in [3.8, 4) is 0 Å². The molecule has 5 atom stereocenters. The maximum absolute atomic E-state index is 6.05. The zero-order valence-electron chi connectivity index (χ0n) is 11.1. The van der Waals surface area contributed by atoms with Gasteiger partial charge in [0, 0.05) is 13.2 Å². The van der Waals surface area contributed by atoms with Gasteiger partial charge in [-0.05, 0) is 48.9 Å². The Hall–Kier alpha value is -0.300. The van der Waals surface area contributed by atoms with Crippen LogP contribution in [-0.4, -0.2) is 13.2 Å². The highest BCUT2D eigenvalue weighted by Crippen LogP contribution is 2.43. The molecular weight excluding hydrogens is 208 g/mol. The van der Waals surface area contributed by atoms with Crippen LogP contribution in [0, 0.1) is 29.6 Å². The Labute approximate surface area is 106 Å². The van der Waals surface area contributed by atoms with Crippen LogP contribution in [0.3, 0.4) is 0 Å². The van der Waals surface area contributed by atoms with E-state index in [0.717, 1.165) is 42.8 Å². The highest BCUT2D eigenvalue weighted by Gasteiger charge is 2.35. The zero-order valence-corrected chi connectivity index (χ0v) is 11.1. The molecule has 0 aromatic rings. The van der Waals surface area contributed by atoms with Crippen molar-refractivity contribution in [1.29, 1.82) is 0 Å². The molecule has 5 unspecified atom stereocenters. The van der Waals surface area contributed by atoms with E-state index in [9.17, 15) is 0 Å². The molecule has 0 radical (unpaired) electrons. The minimum absolute atomic E-state index is 0.837. The average molecular weight is 234 g/mol. The van der Waals surface area contributed by atoms with E-state index in [1.807, 2.05) is 0 Å². The lowest BCUT2D eigenvalue weighted by Crippen LogP contribution is -2.24. The summed E-state index contributed by atoms with van der Waals surface area (Å²) >= 11 is 0. The van der Waals surface area contributed by atoms with Crippen molar-refractivity contribution in [2.75, 3.05) is 13.2 Å². The molecule has 17 heavy (non-hydrogen) atoms. The third kappa shape index (κ3) is 2.59. The van der Waals surface area contributed by atoms with Crippen LogP contribution in [0.2, 0.25) is 0 Å². The summed E-state index contributed by atoms with van der Waals surface area (Å²) in [6, 6.07) is 0. The van der Waals surface area contributed by atoms with Crippen molar-refractivity contribution in [2.24, 2.45) is 29.6 Å². The molecule has 3 rings (SSSR count). The van der Waals surface area contributed by atoms with Crippen LogP contribution >= 0.6 is 0 Å². The van der Waals surface area contributed by atoms with Gasteiger partial charge in [0.05, 0.1) is 0 Å². The summed E-state index contributed by atoms with van der Waals surface area (Å²) in [4.78, 5) is 0. The summed E-state index contributed by atoms with van der Waals surface area (Å²) in [5, 5.41) is 0. The molecule has 0 saturated heterocycles. The van der Waals surface area contributed by atoms with Crippen LogP contribution < -0.4 is 0 Å². The molecule has 0 amide bonds. The van der Waals surface area contributed by atoms with Gasteiger partial charge in [-0.3, -0.25) is 0 Å². The fraction of sp³-hybridized carbons (Fsp3) is 0.875. The number of rotatable bonds is 4. The van der Waals surface area contributed by atoms with Gasteiger partial charge in [0.15, 0.2) is 0 Å². The van der Waals surface area contributed by atoms with E-state index in [2.05, 4.69) is 19.1 Å². The predicted molar refractivity (Wildman–Crippen MR) is 70.8 cm³/mol. The van der Waals surface area contributed by atoms with E-state index in [-0.39, 0.29) is 0 Å². The Morgan fingerprint density at radius 3 is 2.53 bits per heavy atom. The molecule has 2 fully saturated rings. The van der Waals surface area contributed by atoms with Gasteiger partial charge >= 0.3 is 0 Å². The van der Waals surface area contributed by atoms with Gasteiger partial charge in [0.1, 0.15) is 0 Å². The highest BCUT2D eigenvalue weighted by atomic mass is 16.5. The van der Waals surface area contributed by atoms with E-state index < -0.39 is 0 Å². The maximum atomic E-state index is 6.05. The summed E-state index contributed by atoms with van der Waals surface area (Å²) in [6.07, 6.45) is 13.3. The lowest BCUT2D eigenvalue weighted by atomic mass is 9.81. The van der Waals surface area contributed by atoms with Gasteiger partial charge in [-0.1, -0.05) is 38.3 Å². The van der Waals surface area contributed by atoms with Gasteiger partial charge in [0.25, 0.3) is 0 Å². The summed E-state index contributed by atoms with van der Waals surface area (Å²) in [7, 11) is 0. The van der Waals surface area contributed by atoms with Crippen LogP contribution in [-0.2, 0) is 4.74 Å². The molecule has 96 valence electrons. The second kappa shape index (κ2) is 5.14. The van der Waals surface area contributed by atoms with E-state index in [1.165, 1.54) is 38.5 Å². The number of hydrogen-bond donors (Lipinski definition) is 0. The highest BCUT2D eigenvalue weighted by molar-refractivity contribution is 5.09. The lowest BCUT2D eigenvalue weighted by Gasteiger charge is -2.29. The Morgan fingerprint density at radius 1 is 1.00 bits per heavy atom. The quantitative estimate of drug-likeness (QED) is 0.667. The van der Waals surface area contributed by atoms with E-state index in [1.54, 1.807) is 0 Å². The monoisotopic (exact) mass is 234 g/mol. The van der Waals surface area contributed by atoms with Crippen molar-refractivity contribution in [3.63, 3.8) is 0 Å². The van der Waals surface area contributed by atoms with Crippen molar-refractivity contribution >= 4 is 0 Å². The third-order valence-electron chi connectivity index (χ3n) is 5.37. The number of fused-ring (bicyclic) bond motifs is 2. The van der Waals surface area contributed by atoms with Gasteiger partial charge in [-0.2, -0.15) is 0 Å². The molecule has 0 aromatic heterocycles. The Bertz CT molecular complexity index is 283. The number of hydrogen-bond acceptors (Lipinski definition) is 1. The molecule has 0 spiro atoms. The van der Waals surface area contributed by atoms with Gasteiger partial charge < -0.3 is 4.74 Å². The van der Waals surface area contributed by atoms with E-state index in [4.69, 9.17) is 4.74 Å². The average Bonchev–Trinajstić information content (AvgIpc) is 2.94. The number of ether oxygens (including phenoxy) is 1. The zero-order chi connectivity index (χ0) is 11.7. The van der Waals surface area contributed by atoms with Crippen molar-refractivity contribution in [2.45, 2.75) is 45.4 Å². The molecule has 0 heterocycles. The maximum Gasteiger partial charge on any atom is 0.0500 e.